The summed E-state index contributed by atoms with van der Waals surface area (Å²) in [6.07, 6.45) is 2.04. The summed E-state index contributed by atoms with van der Waals surface area (Å²) >= 11 is 0. The number of anilines is 2. The van der Waals surface area contributed by atoms with Crippen LogP contribution in [0.15, 0.2) is 66.7 Å². The second-order valence-electron chi connectivity index (χ2n) is 10.7. The summed E-state index contributed by atoms with van der Waals surface area (Å²) in [6, 6.07) is 17.7. The number of amides is 3. The quantitative estimate of drug-likeness (QED) is 0.178. The predicted octanol–water partition coefficient (Wildman–Crippen LogP) is 4.03. The molecule has 3 aromatic rings. The van der Waals surface area contributed by atoms with Crippen molar-refractivity contribution in [3.63, 3.8) is 0 Å². The average Bonchev–Trinajstić information content (AvgIpc) is 3.07. The molecule has 0 spiro atoms. The number of hydrogen-bond acceptors (Lipinski definition) is 8. The average molecular weight is 619 g/mol. The number of benzene rings is 3. The van der Waals surface area contributed by atoms with E-state index in [2.05, 4.69) is 21.5 Å². The van der Waals surface area contributed by atoms with Gasteiger partial charge in [-0.3, -0.25) is 25.2 Å². The molecule has 0 aliphatic heterocycles. The van der Waals surface area contributed by atoms with Crippen LogP contribution in [0, 0.1) is 11.8 Å². The highest BCUT2D eigenvalue weighted by atomic mass is 16.5. The summed E-state index contributed by atoms with van der Waals surface area (Å²) in [7, 11) is 4.51. The normalized spacial score (nSPS) is 16.4. The molecule has 4 rings (SSSR count). The summed E-state index contributed by atoms with van der Waals surface area (Å²) in [5.74, 6) is -1.27. The highest BCUT2D eigenvalue weighted by Gasteiger charge is 2.32. The van der Waals surface area contributed by atoms with Gasteiger partial charge in [-0.2, -0.15) is 0 Å². The van der Waals surface area contributed by atoms with E-state index >= 15 is 0 Å². The van der Waals surface area contributed by atoms with Gasteiger partial charge in [0, 0.05) is 23.9 Å². The van der Waals surface area contributed by atoms with Gasteiger partial charge < -0.3 is 30.0 Å². The van der Waals surface area contributed by atoms with Crippen molar-refractivity contribution in [1.82, 2.24) is 10.7 Å². The summed E-state index contributed by atoms with van der Waals surface area (Å²) < 4.78 is 15.7. The number of carbonyl (C=O) groups is 4. The lowest BCUT2D eigenvalue weighted by Crippen LogP contribution is -2.46. The molecule has 3 amide bonds. The first-order chi connectivity index (χ1) is 21.7. The molecule has 0 bridgehead atoms. The summed E-state index contributed by atoms with van der Waals surface area (Å²) in [5.41, 5.74) is 7.73. The van der Waals surface area contributed by atoms with E-state index in [1.807, 2.05) is 0 Å². The molecule has 12 nitrogen and oxygen atoms in total. The molecule has 1 aliphatic carbocycles. The van der Waals surface area contributed by atoms with Crippen LogP contribution in [0.1, 0.15) is 41.6 Å². The van der Waals surface area contributed by atoms with Crippen LogP contribution in [0.3, 0.4) is 0 Å². The Hall–Kier alpha value is -5.26. The molecule has 1 unspecified atom stereocenters. The minimum Gasteiger partial charge on any atom is -0.497 e. The molecule has 0 heterocycles. The molecular weight excluding hydrogens is 580 g/mol. The van der Waals surface area contributed by atoms with Gasteiger partial charge in [-0.05, 0) is 79.8 Å². The fourth-order valence-corrected chi connectivity index (χ4v) is 5.25. The molecule has 1 saturated carbocycles. The van der Waals surface area contributed by atoms with Crippen LogP contribution in [0.25, 0.3) is 0 Å². The van der Waals surface area contributed by atoms with Gasteiger partial charge in [0.1, 0.15) is 28.9 Å². The van der Waals surface area contributed by atoms with Crippen molar-refractivity contribution in [2.45, 2.75) is 38.1 Å². The SMILES string of the molecule is COc1ccc(NNC(=O)C2CCC(C(=O)NC(Cc3ccc(NC(=O)c4c(OC)cccc4OC)cc3)C(=O)O)CC2)cc1. The lowest BCUT2D eigenvalue weighted by atomic mass is 9.81. The highest BCUT2D eigenvalue weighted by molar-refractivity contribution is 6.08. The number of aliphatic carboxylic acids is 1. The van der Waals surface area contributed by atoms with Crippen LogP contribution in [0.2, 0.25) is 0 Å². The largest absolute Gasteiger partial charge is 0.497 e. The lowest BCUT2D eigenvalue weighted by Gasteiger charge is -2.28. The summed E-state index contributed by atoms with van der Waals surface area (Å²) in [6.45, 7) is 0. The van der Waals surface area contributed by atoms with Gasteiger partial charge in [0.2, 0.25) is 11.8 Å². The number of ether oxygens (including phenoxy) is 3. The second kappa shape index (κ2) is 15.5. The number of carboxylic acids is 1. The molecule has 1 fully saturated rings. The highest BCUT2D eigenvalue weighted by Crippen LogP contribution is 2.30. The maximum Gasteiger partial charge on any atom is 0.326 e. The Morgan fingerprint density at radius 1 is 0.756 bits per heavy atom. The topological polar surface area (TPSA) is 164 Å². The van der Waals surface area contributed by atoms with Gasteiger partial charge >= 0.3 is 5.97 Å². The van der Waals surface area contributed by atoms with Crippen molar-refractivity contribution >= 4 is 35.1 Å². The van der Waals surface area contributed by atoms with Gasteiger partial charge in [0.15, 0.2) is 0 Å². The molecular formula is C33H38N4O8. The van der Waals surface area contributed by atoms with Gasteiger partial charge in [0.05, 0.1) is 27.0 Å². The zero-order chi connectivity index (χ0) is 32.3. The van der Waals surface area contributed by atoms with E-state index in [4.69, 9.17) is 14.2 Å². The molecule has 1 aliphatic rings. The lowest BCUT2D eigenvalue weighted by molar-refractivity contribution is -0.142. The van der Waals surface area contributed by atoms with Gasteiger partial charge in [-0.15, -0.1) is 0 Å². The molecule has 238 valence electrons. The first-order valence-electron chi connectivity index (χ1n) is 14.6. The summed E-state index contributed by atoms with van der Waals surface area (Å²) in [5, 5.41) is 15.3. The zero-order valence-corrected chi connectivity index (χ0v) is 25.4. The first-order valence-corrected chi connectivity index (χ1v) is 14.6. The molecule has 45 heavy (non-hydrogen) atoms. The number of hydrazine groups is 1. The molecule has 5 N–H and O–H groups in total. The zero-order valence-electron chi connectivity index (χ0n) is 25.4. The van der Waals surface area contributed by atoms with E-state index in [0.29, 0.717) is 59.9 Å². The number of methoxy groups -OCH3 is 3. The first kappa shape index (κ1) is 32.6. The number of rotatable bonds is 13. The van der Waals surface area contributed by atoms with Crippen LogP contribution in [-0.4, -0.2) is 56.2 Å². The smallest absolute Gasteiger partial charge is 0.326 e. The third-order valence-corrected chi connectivity index (χ3v) is 7.81. The van der Waals surface area contributed by atoms with E-state index in [9.17, 15) is 24.3 Å². The van der Waals surface area contributed by atoms with Crippen molar-refractivity contribution in [2.75, 3.05) is 32.1 Å². The predicted molar refractivity (Wildman–Crippen MR) is 167 cm³/mol. The van der Waals surface area contributed by atoms with E-state index in [1.54, 1.807) is 73.8 Å². The van der Waals surface area contributed by atoms with Gasteiger partial charge in [-0.1, -0.05) is 18.2 Å². The van der Waals surface area contributed by atoms with Crippen molar-refractivity contribution in [1.29, 1.82) is 0 Å². The van der Waals surface area contributed by atoms with Crippen LogP contribution >= 0.6 is 0 Å². The Morgan fingerprint density at radius 3 is 1.84 bits per heavy atom. The van der Waals surface area contributed by atoms with Gasteiger partial charge in [0.25, 0.3) is 5.91 Å². The van der Waals surface area contributed by atoms with Crippen LogP contribution in [0.5, 0.6) is 17.2 Å². The van der Waals surface area contributed by atoms with Crippen LogP contribution < -0.4 is 35.7 Å². The molecule has 0 saturated heterocycles. The molecule has 0 radical (unpaired) electrons. The molecule has 3 aromatic carbocycles. The van der Waals surface area contributed by atoms with Crippen molar-refractivity contribution < 1.29 is 38.5 Å². The summed E-state index contributed by atoms with van der Waals surface area (Å²) in [4.78, 5) is 50.6. The van der Waals surface area contributed by atoms with E-state index in [0.717, 1.165) is 0 Å². The maximum absolute atomic E-state index is 13.0. The van der Waals surface area contributed by atoms with Crippen molar-refractivity contribution in [3.8, 4) is 17.2 Å². The van der Waals surface area contributed by atoms with Crippen LogP contribution in [0.4, 0.5) is 11.4 Å². The third-order valence-electron chi connectivity index (χ3n) is 7.81. The Kier molecular flexibility index (Phi) is 11.2. The maximum atomic E-state index is 13.0. The monoisotopic (exact) mass is 618 g/mol. The van der Waals surface area contributed by atoms with Gasteiger partial charge in [-0.25, -0.2) is 4.79 Å². The van der Waals surface area contributed by atoms with E-state index in [-0.39, 0.29) is 35.6 Å². The minimum atomic E-state index is -1.15. The number of nitrogens with one attached hydrogen (secondary N) is 4. The Labute approximate surface area is 261 Å². The van der Waals surface area contributed by atoms with E-state index in [1.165, 1.54) is 14.2 Å². The third kappa shape index (κ3) is 8.65. The standard InChI is InChI=1S/C33H38N4O8/c1-43-25-17-15-24(16-18-25)36-37-31(39)22-11-9-21(10-12-22)30(38)35-26(33(41)42)19-20-7-13-23(14-8-20)34-32(40)29-27(44-2)5-4-6-28(29)45-3/h4-8,13-18,21-22,26,36H,9-12,19H2,1-3H3,(H,34,40)(H,35,38)(H,37,39)(H,41,42). The molecule has 12 heteroatoms. The fourth-order valence-electron chi connectivity index (χ4n) is 5.25. The molecule has 1 atom stereocenters. The second-order valence-corrected chi connectivity index (χ2v) is 10.7. The van der Waals surface area contributed by atoms with Crippen molar-refractivity contribution in [2.24, 2.45) is 11.8 Å². The van der Waals surface area contributed by atoms with Crippen molar-refractivity contribution in [3.05, 3.63) is 77.9 Å². The number of hydrogen-bond donors (Lipinski definition) is 5. The van der Waals surface area contributed by atoms with E-state index < -0.39 is 17.9 Å². The fraction of sp³-hybridized carbons (Fsp3) is 0.333. The molecule has 0 aromatic heterocycles. The van der Waals surface area contributed by atoms with Crippen LogP contribution in [-0.2, 0) is 20.8 Å². The number of carboxylic acid groups (broad SMARTS) is 1. The number of carbonyl (C=O) groups excluding carboxylic acids is 3. The Morgan fingerprint density at radius 2 is 1.31 bits per heavy atom. The Balaban J connectivity index is 1.26. The Bertz CT molecular complexity index is 1460. The minimum absolute atomic E-state index is 0.0599.